The van der Waals surface area contributed by atoms with Crippen molar-refractivity contribution in [2.45, 2.75) is 147 Å². The summed E-state index contributed by atoms with van der Waals surface area (Å²) >= 11 is 0. The average Bonchev–Trinajstić information content (AvgIpc) is 3.26. The van der Waals surface area contributed by atoms with E-state index in [1.807, 2.05) is 0 Å². The summed E-state index contributed by atoms with van der Waals surface area (Å²) in [7, 11) is 5.48. The quantitative estimate of drug-likeness (QED) is 0.0304. The zero-order valence-electron chi connectivity index (χ0n) is 38.5. The van der Waals surface area contributed by atoms with E-state index in [2.05, 4.69) is 38.8 Å². The molecule has 0 aromatic rings. The van der Waals surface area contributed by atoms with Gasteiger partial charge in [-0.05, 0) is 32.1 Å². The van der Waals surface area contributed by atoms with E-state index in [1.165, 1.54) is 57.8 Å². The number of rotatable bonds is 47. The molecule has 0 spiro atoms. The lowest BCUT2D eigenvalue weighted by Crippen LogP contribution is -2.50. The lowest BCUT2D eigenvalue weighted by Gasteiger charge is -2.17. The molecule has 20 nitrogen and oxygen atoms in total. The highest BCUT2D eigenvalue weighted by Crippen LogP contribution is 2.13. The van der Waals surface area contributed by atoms with Crippen molar-refractivity contribution in [1.82, 2.24) is 31.9 Å². The summed E-state index contributed by atoms with van der Waals surface area (Å²) in [5.41, 5.74) is 10.6. The number of carbonyl (C=O) groups excluding carboxylic acids is 6. The van der Waals surface area contributed by atoms with Crippen molar-refractivity contribution < 1.29 is 57.6 Å². The van der Waals surface area contributed by atoms with E-state index in [0.717, 1.165) is 19.3 Å². The van der Waals surface area contributed by atoms with Crippen LogP contribution in [0.4, 0.5) is 0 Å². The molecule has 0 aliphatic carbocycles. The second-order valence-electron chi connectivity index (χ2n) is 15.6. The number of hydrogen-bond donors (Lipinski definition) is 9. The maximum Gasteiger partial charge on any atom is 0.326 e. The van der Waals surface area contributed by atoms with Gasteiger partial charge in [0.25, 0.3) is 0 Å². The Hall–Kier alpha value is -3.79. The third-order valence-electron chi connectivity index (χ3n) is 10.1. The third kappa shape index (κ3) is 37.6. The first-order valence-electron chi connectivity index (χ1n) is 23.3. The molecule has 0 fully saturated rings. The molecular weight excluding hydrogens is 833 g/mol. The van der Waals surface area contributed by atoms with Crippen molar-refractivity contribution in [3.63, 3.8) is 0 Å². The summed E-state index contributed by atoms with van der Waals surface area (Å²) in [6, 6.07) is -2.56. The maximum atomic E-state index is 12.3. The van der Waals surface area contributed by atoms with Gasteiger partial charge >= 0.3 is 5.97 Å². The molecule has 0 saturated carbocycles. The van der Waals surface area contributed by atoms with E-state index in [4.69, 9.17) is 37.5 Å². The van der Waals surface area contributed by atoms with E-state index in [0.29, 0.717) is 32.2 Å². The van der Waals surface area contributed by atoms with Crippen LogP contribution >= 0.6 is 0 Å². The number of aliphatic carboxylic acids is 1. The van der Waals surface area contributed by atoms with Crippen LogP contribution in [-0.2, 0) is 52.5 Å². The van der Waals surface area contributed by atoms with Gasteiger partial charge in [-0.3, -0.25) is 34.1 Å². The number of unbranched alkanes of at least 4 members (excludes halogenated alkanes) is 13. The zero-order valence-corrected chi connectivity index (χ0v) is 38.5. The molecule has 5 amide bonds. The monoisotopic (exact) mass is 915 g/mol. The Bertz CT molecular complexity index is 1270. The molecule has 3 atom stereocenters. The van der Waals surface area contributed by atoms with Crippen LogP contribution in [0.5, 0.6) is 0 Å². The predicted molar refractivity (Wildman–Crippen MR) is 242 cm³/mol. The molecular formula is C44H82N8O12. The van der Waals surface area contributed by atoms with Crippen LogP contribution in [0.15, 0.2) is 0 Å². The van der Waals surface area contributed by atoms with Crippen LogP contribution in [0.1, 0.15) is 129 Å². The Morgan fingerprint density at radius 3 is 1.55 bits per heavy atom. The third-order valence-corrected chi connectivity index (χ3v) is 10.1. The largest absolute Gasteiger partial charge is 0.480 e. The maximum absolute atomic E-state index is 12.3. The Balaban J connectivity index is 3.72. The van der Waals surface area contributed by atoms with E-state index in [9.17, 15) is 38.7 Å². The number of primary amides is 1. The fraction of sp³-hybridized carbons (Fsp3) is 0.818. The first-order chi connectivity index (χ1) is 30.9. The number of ether oxygens (including phenoxy) is 4. The lowest BCUT2D eigenvalue weighted by molar-refractivity contribution is -0.142. The summed E-state index contributed by atoms with van der Waals surface area (Å²) < 4.78 is 21.4. The van der Waals surface area contributed by atoms with Gasteiger partial charge in [0, 0.05) is 46.1 Å². The number of hydrogen-bond acceptors (Lipinski definition) is 14. The minimum atomic E-state index is -1.17. The fourth-order valence-electron chi connectivity index (χ4n) is 6.27. The summed E-state index contributed by atoms with van der Waals surface area (Å²) in [6.07, 6.45) is 17.4. The fourth-order valence-corrected chi connectivity index (χ4v) is 6.27. The second kappa shape index (κ2) is 43.1. The predicted octanol–water partition coefficient (Wildman–Crippen LogP) is 1.00. The number of carbonyl (C=O) groups is 7. The van der Waals surface area contributed by atoms with Crippen molar-refractivity contribution in [1.29, 1.82) is 0 Å². The topological polar surface area (TPSA) is 301 Å². The van der Waals surface area contributed by atoms with E-state index < -0.39 is 30.0 Å². The Kier molecular flexibility index (Phi) is 40.6. The van der Waals surface area contributed by atoms with Crippen LogP contribution in [0.3, 0.4) is 0 Å². The minimum absolute atomic E-state index is 0.0186. The van der Waals surface area contributed by atoms with Crippen LogP contribution in [0, 0.1) is 7.05 Å². The highest BCUT2D eigenvalue weighted by molar-refractivity contribution is 5.87. The van der Waals surface area contributed by atoms with Gasteiger partial charge in [0.05, 0.1) is 58.3 Å². The van der Waals surface area contributed by atoms with Gasteiger partial charge in [0.1, 0.15) is 19.3 Å². The first kappa shape index (κ1) is 60.2. The minimum Gasteiger partial charge on any atom is -0.480 e. The molecule has 0 bridgehead atoms. The van der Waals surface area contributed by atoms with Gasteiger partial charge in [-0.1, -0.05) is 84.0 Å². The number of ketones is 1. The summed E-state index contributed by atoms with van der Waals surface area (Å²) in [5.74, 6) is -3.35. The summed E-state index contributed by atoms with van der Waals surface area (Å²) in [6.45, 7) is 3.81. The second-order valence-corrected chi connectivity index (χ2v) is 15.6. The van der Waals surface area contributed by atoms with Gasteiger partial charge in [0.15, 0.2) is 5.78 Å². The Morgan fingerprint density at radius 1 is 0.547 bits per heavy atom. The number of nitrogens with one attached hydrogen (secondary N) is 6. The zero-order chi connectivity index (χ0) is 47.5. The molecule has 0 aromatic heterocycles. The van der Waals surface area contributed by atoms with Crippen LogP contribution < -0.4 is 43.4 Å². The molecule has 0 aliphatic heterocycles. The number of amides is 5. The first-order valence-corrected chi connectivity index (χ1v) is 23.3. The van der Waals surface area contributed by atoms with Crippen LogP contribution in [-0.4, -0.2) is 150 Å². The normalized spacial score (nSPS) is 12.5. The smallest absolute Gasteiger partial charge is 0.326 e. The number of nitrogens with two attached hydrogens (primary N) is 2. The van der Waals surface area contributed by atoms with Crippen LogP contribution in [0.25, 0.3) is 0 Å². The highest BCUT2D eigenvalue weighted by Gasteiger charge is 2.21. The van der Waals surface area contributed by atoms with E-state index in [1.54, 1.807) is 0 Å². The molecule has 20 heteroatoms. The average molecular weight is 915 g/mol. The van der Waals surface area contributed by atoms with Gasteiger partial charge in [-0.15, -0.1) is 0 Å². The Labute approximate surface area is 381 Å². The SMILES string of the molecule is [CH]N[C@@H](CCCCNC(=O)COCCOCCNC(=O)COCCOCCNC(=O)CC[C@H](NC(=O)CCCCCCCCCCCCCCC)C(=O)O)C(=O)CN[C@@H](CN)C(N)=O. The number of carboxylic acids is 1. The van der Waals surface area contributed by atoms with Crippen molar-refractivity contribution in [3.8, 4) is 0 Å². The van der Waals surface area contributed by atoms with Gasteiger partial charge in [-0.2, -0.15) is 0 Å². The molecule has 11 N–H and O–H groups in total. The number of carboxylic acid groups (broad SMARTS) is 1. The molecule has 2 radical (unpaired) electrons. The van der Waals surface area contributed by atoms with Crippen molar-refractivity contribution in [3.05, 3.63) is 7.05 Å². The molecule has 0 heterocycles. The van der Waals surface area contributed by atoms with Gasteiger partial charge in [0.2, 0.25) is 29.5 Å². The summed E-state index contributed by atoms with van der Waals surface area (Å²) in [5, 5.41) is 25.2. The summed E-state index contributed by atoms with van der Waals surface area (Å²) in [4.78, 5) is 83.6. The lowest BCUT2D eigenvalue weighted by atomic mass is 10.0. The number of Topliss-reactive ketones (excluding diaryl/α,β-unsaturated/α-hetero) is 1. The standard InChI is InChI=1S/C44H82N8O12/c1-3-4-5-6-7-8-9-10-11-12-13-14-15-19-40(55)52-36(44(59)60)20-21-39(54)49-23-25-61-27-30-64-34-42(57)50-24-26-62-28-29-63-33-41(56)48-22-17-16-18-35(47-2)38(53)32-51-37(31-45)43(46)58/h2,35-37,47,51H,3-34,45H2,1H3,(H2,46,58)(H,48,56)(H,49,54)(H,50,57)(H,52,55)(H,59,60)/t35-,36-,37-/m0/s1. The van der Waals surface area contributed by atoms with Gasteiger partial charge < -0.3 is 62.1 Å². The molecule has 0 rings (SSSR count). The van der Waals surface area contributed by atoms with Crippen LogP contribution in [0.2, 0.25) is 0 Å². The van der Waals surface area contributed by atoms with Crippen molar-refractivity contribution in [2.24, 2.45) is 11.5 Å². The molecule has 370 valence electrons. The molecule has 0 aromatic carbocycles. The van der Waals surface area contributed by atoms with Gasteiger partial charge in [-0.25, -0.2) is 4.79 Å². The molecule has 0 aliphatic rings. The molecule has 0 unspecified atom stereocenters. The van der Waals surface area contributed by atoms with E-state index >= 15 is 0 Å². The molecule has 0 saturated heterocycles. The van der Waals surface area contributed by atoms with Crippen molar-refractivity contribution in [2.75, 3.05) is 85.6 Å². The highest BCUT2D eigenvalue weighted by atomic mass is 16.5. The van der Waals surface area contributed by atoms with Crippen molar-refractivity contribution >= 4 is 41.3 Å². The molecule has 64 heavy (non-hydrogen) atoms. The van der Waals surface area contributed by atoms with E-state index in [-0.39, 0.29) is 128 Å². The Morgan fingerprint density at radius 2 is 1.05 bits per heavy atom.